The number of hydrogen-bond donors (Lipinski definition) is 1. The van der Waals surface area contributed by atoms with Crippen LogP contribution in [0, 0.1) is 12.8 Å². The van der Waals surface area contributed by atoms with Gasteiger partial charge in [-0.2, -0.15) is 0 Å². The van der Waals surface area contributed by atoms with E-state index in [2.05, 4.69) is 10.3 Å². The topological polar surface area (TPSA) is 51.2 Å². The summed E-state index contributed by atoms with van der Waals surface area (Å²) >= 11 is 1.58. The number of amides is 1. The van der Waals surface area contributed by atoms with Crippen LogP contribution in [-0.4, -0.2) is 18.0 Å². The minimum atomic E-state index is -0.0802. The molecule has 1 atom stereocenters. The normalized spacial score (nSPS) is 15.6. The molecule has 4 nitrogen and oxygen atoms in total. The molecule has 1 aliphatic rings. The van der Waals surface area contributed by atoms with Gasteiger partial charge in [-0.05, 0) is 49.5 Å². The Labute approximate surface area is 140 Å². The molecule has 120 valence electrons. The zero-order valence-corrected chi connectivity index (χ0v) is 14.1. The summed E-state index contributed by atoms with van der Waals surface area (Å²) in [7, 11) is 1.65. The van der Waals surface area contributed by atoms with E-state index >= 15 is 0 Å². The Balaban J connectivity index is 1.67. The summed E-state index contributed by atoms with van der Waals surface area (Å²) in [6, 6.07) is 7.98. The first kappa shape index (κ1) is 15.7. The lowest BCUT2D eigenvalue weighted by atomic mass is 10.0. The Kier molecular flexibility index (Phi) is 4.76. The van der Waals surface area contributed by atoms with Crippen LogP contribution in [0.4, 0.5) is 0 Å². The van der Waals surface area contributed by atoms with Crippen molar-refractivity contribution in [3.8, 4) is 5.75 Å². The summed E-state index contributed by atoms with van der Waals surface area (Å²) in [6.45, 7) is 1.95. The summed E-state index contributed by atoms with van der Waals surface area (Å²) in [5.41, 5.74) is 1.95. The van der Waals surface area contributed by atoms with Crippen LogP contribution in [0.1, 0.15) is 35.1 Å². The molecule has 5 heteroatoms. The van der Waals surface area contributed by atoms with Crippen molar-refractivity contribution < 1.29 is 9.53 Å². The molecule has 1 amide bonds. The molecule has 1 fully saturated rings. The fraction of sp³-hybridized carbons (Fsp3) is 0.333. The van der Waals surface area contributed by atoms with Crippen molar-refractivity contribution in [3.63, 3.8) is 0 Å². The number of carbonyl (C=O) groups excluding carboxylic acids is 1. The first-order valence-corrected chi connectivity index (χ1v) is 8.58. The quantitative estimate of drug-likeness (QED) is 0.822. The standard InChI is InChI=1S/C18H20N2O2S/c1-12-19-15(11-23-12)7-10-17(21)20-18(13-3-4-13)14-5-8-16(22-2)9-6-14/h5-11,13,18H,3-4H2,1-2H3,(H,20,21)/b10-7+. The van der Waals surface area contributed by atoms with Gasteiger partial charge in [0.1, 0.15) is 5.75 Å². The third-order valence-electron chi connectivity index (χ3n) is 3.91. The number of benzene rings is 1. The molecule has 1 saturated carbocycles. The van der Waals surface area contributed by atoms with Crippen LogP contribution in [0.15, 0.2) is 35.7 Å². The van der Waals surface area contributed by atoms with Crippen LogP contribution in [-0.2, 0) is 4.79 Å². The Bertz CT molecular complexity index is 702. The highest BCUT2D eigenvalue weighted by Crippen LogP contribution is 2.41. The largest absolute Gasteiger partial charge is 0.497 e. The highest BCUT2D eigenvalue weighted by atomic mass is 32.1. The van der Waals surface area contributed by atoms with E-state index in [1.807, 2.05) is 36.6 Å². The van der Waals surface area contributed by atoms with Gasteiger partial charge in [0, 0.05) is 11.5 Å². The molecule has 3 rings (SSSR count). The molecule has 1 N–H and O–H groups in total. The molecular weight excluding hydrogens is 308 g/mol. The fourth-order valence-corrected chi connectivity index (χ4v) is 3.11. The Morgan fingerprint density at radius 3 is 2.70 bits per heavy atom. The molecule has 0 bridgehead atoms. The lowest BCUT2D eigenvalue weighted by Gasteiger charge is -2.18. The molecule has 1 aliphatic carbocycles. The molecule has 2 aromatic rings. The van der Waals surface area contributed by atoms with Gasteiger partial charge in [0.05, 0.1) is 23.9 Å². The van der Waals surface area contributed by atoms with E-state index in [0.717, 1.165) is 34.9 Å². The van der Waals surface area contributed by atoms with Gasteiger partial charge in [-0.1, -0.05) is 12.1 Å². The molecule has 0 saturated heterocycles. The summed E-state index contributed by atoms with van der Waals surface area (Å²) in [5, 5.41) is 6.06. The van der Waals surface area contributed by atoms with E-state index in [-0.39, 0.29) is 11.9 Å². The minimum absolute atomic E-state index is 0.0650. The van der Waals surface area contributed by atoms with E-state index in [1.165, 1.54) is 0 Å². The number of aromatic nitrogens is 1. The molecule has 0 radical (unpaired) electrons. The van der Waals surface area contributed by atoms with Gasteiger partial charge in [0.2, 0.25) is 5.91 Å². The second-order valence-corrected chi connectivity index (χ2v) is 6.78. The van der Waals surface area contributed by atoms with Crippen molar-refractivity contribution in [3.05, 3.63) is 52.0 Å². The highest BCUT2D eigenvalue weighted by Gasteiger charge is 2.33. The van der Waals surface area contributed by atoms with E-state index in [1.54, 1.807) is 30.6 Å². The van der Waals surface area contributed by atoms with Crippen LogP contribution in [0.5, 0.6) is 5.75 Å². The maximum Gasteiger partial charge on any atom is 0.244 e. The van der Waals surface area contributed by atoms with Crippen molar-refractivity contribution in [2.45, 2.75) is 25.8 Å². The molecule has 1 unspecified atom stereocenters. The Hall–Kier alpha value is -2.14. The number of ether oxygens (including phenoxy) is 1. The number of hydrogen-bond acceptors (Lipinski definition) is 4. The van der Waals surface area contributed by atoms with E-state index in [0.29, 0.717) is 5.92 Å². The summed E-state index contributed by atoms with van der Waals surface area (Å²) in [4.78, 5) is 16.5. The lowest BCUT2D eigenvalue weighted by molar-refractivity contribution is -0.117. The van der Waals surface area contributed by atoms with Crippen molar-refractivity contribution in [1.29, 1.82) is 0 Å². The zero-order valence-electron chi connectivity index (χ0n) is 13.3. The summed E-state index contributed by atoms with van der Waals surface area (Å²) in [5.74, 6) is 1.28. The van der Waals surface area contributed by atoms with E-state index in [4.69, 9.17) is 4.74 Å². The van der Waals surface area contributed by atoms with Crippen LogP contribution < -0.4 is 10.1 Å². The molecule has 1 aromatic heterocycles. The number of nitrogens with zero attached hydrogens (tertiary/aromatic N) is 1. The Morgan fingerprint density at radius 1 is 1.39 bits per heavy atom. The maximum atomic E-state index is 12.2. The van der Waals surface area contributed by atoms with Crippen molar-refractivity contribution >= 4 is 23.3 Å². The van der Waals surface area contributed by atoms with Gasteiger partial charge in [-0.25, -0.2) is 4.98 Å². The van der Waals surface area contributed by atoms with Crippen molar-refractivity contribution in [2.24, 2.45) is 5.92 Å². The van der Waals surface area contributed by atoms with E-state index < -0.39 is 0 Å². The Morgan fingerprint density at radius 2 is 2.13 bits per heavy atom. The van der Waals surface area contributed by atoms with Gasteiger partial charge < -0.3 is 10.1 Å². The second-order valence-electron chi connectivity index (χ2n) is 5.72. The van der Waals surface area contributed by atoms with Gasteiger partial charge in [0.15, 0.2) is 0 Å². The monoisotopic (exact) mass is 328 g/mol. The van der Waals surface area contributed by atoms with Gasteiger partial charge >= 0.3 is 0 Å². The fourth-order valence-electron chi connectivity index (χ4n) is 2.53. The number of methoxy groups -OCH3 is 1. The van der Waals surface area contributed by atoms with Gasteiger partial charge in [-0.15, -0.1) is 11.3 Å². The highest BCUT2D eigenvalue weighted by molar-refractivity contribution is 7.09. The third kappa shape index (κ3) is 4.20. The molecule has 0 aliphatic heterocycles. The second kappa shape index (κ2) is 6.96. The lowest BCUT2D eigenvalue weighted by Crippen LogP contribution is -2.28. The summed E-state index contributed by atoms with van der Waals surface area (Å²) in [6.07, 6.45) is 5.64. The SMILES string of the molecule is COc1ccc(C(NC(=O)/C=C/c2csc(C)n2)C2CC2)cc1. The molecular formula is C18H20N2O2S. The molecule has 1 aromatic carbocycles. The molecule has 0 spiro atoms. The van der Waals surface area contributed by atoms with Crippen LogP contribution in [0.2, 0.25) is 0 Å². The minimum Gasteiger partial charge on any atom is -0.497 e. The summed E-state index contributed by atoms with van der Waals surface area (Å²) < 4.78 is 5.19. The van der Waals surface area contributed by atoms with Crippen molar-refractivity contribution in [2.75, 3.05) is 7.11 Å². The third-order valence-corrected chi connectivity index (χ3v) is 4.70. The predicted octanol–water partition coefficient (Wildman–Crippen LogP) is 3.74. The average molecular weight is 328 g/mol. The van der Waals surface area contributed by atoms with E-state index in [9.17, 15) is 4.79 Å². The zero-order chi connectivity index (χ0) is 16.2. The average Bonchev–Trinajstić information content (AvgIpc) is 3.32. The number of carbonyl (C=O) groups is 1. The number of aryl methyl sites for hydroxylation is 1. The van der Waals surface area contributed by atoms with Gasteiger partial charge in [0.25, 0.3) is 0 Å². The number of nitrogens with one attached hydrogen (secondary N) is 1. The van der Waals surface area contributed by atoms with Crippen LogP contribution >= 0.6 is 11.3 Å². The van der Waals surface area contributed by atoms with Crippen LogP contribution in [0.25, 0.3) is 6.08 Å². The predicted molar refractivity (Wildman–Crippen MR) is 92.5 cm³/mol. The first-order valence-electron chi connectivity index (χ1n) is 7.70. The van der Waals surface area contributed by atoms with Crippen LogP contribution in [0.3, 0.4) is 0 Å². The number of thiazole rings is 1. The van der Waals surface area contributed by atoms with Crippen molar-refractivity contribution in [1.82, 2.24) is 10.3 Å². The maximum absolute atomic E-state index is 12.2. The smallest absolute Gasteiger partial charge is 0.244 e. The first-order chi connectivity index (χ1) is 11.2. The molecule has 23 heavy (non-hydrogen) atoms. The molecule has 1 heterocycles. The van der Waals surface area contributed by atoms with Gasteiger partial charge in [-0.3, -0.25) is 4.79 Å². The number of rotatable bonds is 6.